The van der Waals surface area contributed by atoms with Crippen molar-refractivity contribution in [1.82, 2.24) is 4.90 Å². The van der Waals surface area contributed by atoms with E-state index in [9.17, 15) is 18.8 Å². The van der Waals surface area contributed by atoms with E-state index in [0.29, 0.717) is 35.2 Å². The van der Waals surface area contributed by atoms with E-state index < -0.39 is 29.4 Å². The third kappa shape index (κ3) is 4.31. The standard InChI is InChI=1S/C23H19ClFNO6/c1-12(22(28)26-7-6-13(11-26)23(29)30)31-15-3-5-17-18(10-21(27)32-20(17)9-15)16-4-2-14(25)8-19(16)24/h2-5,8-10,12-13H,6-7,11H2,1H3,(H,29,30)/t12?,13-/m0/s1. The van der Waals surface area contributed by atoms with Crippen LogP contribution >= 0.6 is 11.6 Å². The van der Waals surface area contributed by atoms with Crippen LogP contribution in [0.1, 0.15) is 13.3 Å². The molecular weight excluding hydrogens is 441 g/mol. The molecule has 2 atom stereocenters. The van der Waals surface area contributed by atoms with Crippen molar-refractivity contribution in [3.8, 4) is 16.9 Å². The summed E-state index contributed by atoms with van der Waals surface area (Å²) in [7, 11) is 0. The van der Waals surface area contributed by atoms with Gasteiger partial charge in [-0.3, -0.25) is 9.59 Å². The highest BCUT2D eigenvalue weighted by Gasteiger charge is 2.33. The predicted molar refractivity (Wildman–Crippen MR) is 115 cm³/mol. The molecule has 0 spiro atoms. The number of hydrogen-bond donors (Lipinski definition) is 1. The summed E-state index contributed by atoms with van der Waals surface area (Å²) in [6, 6.07) is 9.95. The molecule has 1 unspecified atom stereocenters. The predicted octanol–water partition coefficient (Wildman–Crippen LogP) is 3.95. The van der Waals surface area contributed by atoms with Crippen LogP contribution in [0, 0.1) is 11.7 Å². The molecule has 9 heteroatoms. The zero-order valence-electron chi connectivity index (χ0n) is 17.0. The van der Waals surface area contributed by atoms with Crippen LogP contribution in [0.15, 0.2) is 51.7 Å². The van der Waals surface area contributed by atoms with Gasteiger partial charge in [-0.2, -0.15) is 0 Å². The van der Waals surface area contributed by atoms with E-state index in [4.69, 9.17) is 25.9 Å². The Kier molecular flexibility index (Phi) is 5.88. The molecule has 1 saturated heterocycles. The number of aliphatic carboxylic acids is 1. The summed E-state index contributed by atoms with van der Waals surface area (Å²) in [6.07, 6.45) is -0.453. The van der Waals surface area contributed by atoms with Gasteiger partial charge in [0.15, 0.2) is 6.10 Å². The number of likely N-dealkylation sites (tertiary alicyclic amines) is 1. The molecule has 1 N–H and O–H groups in total. The van der Waals surface area contributed by atoms with Crippen LogP contribution in [-0.4, -0.2) is 41.1 Å². The quantitative estimate of drug-likeness (QED) is 0.580. The summed E-state index contributed by atoms with van der Waals surface area (Å²) in [4.78, 5) is 37.3. The van der Waals surface area contributed by atoms with Crippen molar-refractivity contribution in [2.45, 2.75) is 19.4 Å². The molecule has 7 nitrogen and oxygen atoms in total. The van der Waals surface area contributed by atoms with E-state index in [1.54, 1.807) is 19.1 Å². The Labute approximate surface area is 187 Å². The number of carboxylic acids is 1. The molecule has 0 radical (unpaired) electrons. The SMILES string of the molecule is CC(Oc1ccc2c(-c3ccc(F)cc3Cl)cc(=O)oc2c1)C(=O)N1CC[C@H](C(=O)O)C1. The first-order chi connectivity index (χ1) is 15.2. The van der Waals surface area contributed by atoms with Crippen LogP contribution in [0.2, 0.25) is 5.02 Å². The molecule has 0 saturated carbocycles. The maximum absolute atomic E-state index is 13.4. The largest absolute Gasteiger partial charge is 0.481 e. The van der Waals surface area contributed by atoms with Gasteiger partial charge in [0.2, 0.25) is 0 Å². The van der Waals surface area contributed by atoms with E-state index in [1.807, 2.05) is 0 Å². The van der Waals surface area contributed by atoms with Crippen molar-refractivity contribution in [3.05, 3.63) is 63.7 Å². The number of carbonyl (C=O) groups excluding carboxylic acids is 1. The van der Waals surface area contributed by atoms with Crippen molar-refractivity contribution in [1.29, 1.82) is 0 Å². The Hall–Kier alpha value is -3.39. The van der Waals surface area contributed by atoms with Gasteiger partial charge >= 0.3 is 11.6 Å². The summed E-state index contributed by atoms with van der Waals surface area (Å²) in [5.41, 5.74) is 0.557. The van der Waals surface area contributed by atoms with Crippen molar-refractivity contribution >= 4 is 34.4 Å². The molecule has 2 aromatic carbocycles. The summed E-state index contributed by atoms with van der Waals surface area (Å²) < 4.78 is 24.5. The minimum Gasteiger partial charge on any atom is -0.481 e. The van der Waals surface area contributed by atoms with Crippen LogP contribution in [0.25, 0.3) is 22.1 Å². The first-order valence-electron chi connectivity index (χ1n) is 9.94. The molecule has 3 aromatic rings. The number of carbonyl (C=O) groups is 2. The molecule has 4 rings (SSSR count). The number of nitrogens with zero attached hydrogens (tertiary/aromatic N) is 1. The van der Waals surface area contributed by atoms with Crippen molar-refractivity contribution in [3.63, 3.8) is 0 Å². The van der Waals surface area contributed by atoms with Crippen LogP contribution in [0.4, 0.5) is 4.39 Å². The molecule has 1 amide bonds. The lowest BCUT2D eigenvalue weighted by Crippen LogP contribution is -2.39. The highest BCUT2D eigenvalue weighted by molar-refractivity contribution is 6.33. The van der Waals surface area contributed by atoms with Crippen molar-refractivity contribution in [2.24, 2.45) is 5.92 Å². The van der Waals surface area contributed by atoms with Gasteiger partial charge in [0.25, 0.3) is 5.91 Å². The highest BCUT2D eigenvalue weighted by Crippen LogP contribution is 2.34. The first kappa shape index (κ1) is 21.8. The second kappa shape index (κ2) is 8.63. The van der Waals surface area contributed by atoms with E-state index in [2.05, 4.69) is 0 Å². The van der Waals surface area contributed by atoms with Gasteiger partial charge in [0.05, 0.1) is 10.9 Å². The third-order valence-corrected chi connectivity index (χ3v) is 5.76. The lowest BCUT2D eigenvalue weighted by molar-refractivity contribution is -0.142. The van der Waals surface area contributed by atoms with E-state index in [1.165, 1.54) is 29.2 Å². The number of rotatable bonds is 5. The Bertz CT molecular complexity index is 1270. The zero-order valence-corrected chi connectivity index (χ0v) is 17.8. The van der Waals surface area contributed by atoms with E-state index in [0.717, 1.165) is 6.07 Å². The second-order valence-electron chi connectivity index (χ2n) is 7.63. The van der Waals surface area contributed by atoms with Gasteiger partial charge in [-0.05, 0) is 43.7 Å². The van der Waals surface area contributed by atoms with Gasteiger partial charge in [-0.25, -0.2) is 9.18 Å². The van der Waals surface area contributed by atoms with Gasteiger partial charge in [0.1, 0.15) is 17.1 Å². The van der Waals surface area contributed by atoms with E-state index >= 15 is 0 Å². The molecule has 1 fully saturated rings. The van der Waals surface area contributed by atoms with Crippen molar-refractivity contribution < 1.29 is 28.2 Å². The summed E-state index contributed by atoms with van der Waals surface area (Å²) >= 11 is 6.17. The topological polar surface area (TPSA) is 97.0 Å². The normalized spacial score (nSPS) is 16.8. The smallest absolute Gasteiger partial charge is 0.336 e. The molecular formula is C23H19ClFNO6. The summed E-state index contributed by atoms with van der Waals surface area (Å²) in [6.45, 7) is 2.08. The molecule has 32 heavy (non-hydrogen) atoms. The molecule has 166 valence electrons. The van der Waals surface area contributed by atoms with Crippen LogP contribution < -0.4 is 10.4 Å². The molecule has 0 aliphatic carbocycles. The average molecular weight is 460 g/mol. The maximum Gasteiger partial charge on any atom is 0.336 e. The minimum atomic E-state index is -0.921. The Balaban J connectivity index is 1.60. The number of hydrogen-bond acceptors (Lipinski definition) is 5. The molecule has 0 bridgehead atoms. The van der Waals surface area contributed by atoms with Gasteiger partial charge in [-0.15, -0.1) is 0 Å². The maximum atomic E-state index is 13.4. The van der Waals surface area contributed by atoms with Crippen LogP contribution in [0.3, 0.4) is 0 Å². The highest BCUT2D eigenvalue weighted by atomic mass is 35.5. The minimum absolute atomic E-state index is 0.149. The molecule has 1 aliphatic rings. The zero-order chi connectivity index (χ0) is 23.0. The van der Waals surface area contributed by atoms with E-state index in [-0.39, 0.29) is 23.1 Å². The molecule has 1 aliphatic heterocycles. The van der Waals surface area contributed by atoms with Crippen LogP contribution in [0.5, 0.6) is 5.75 Å². The second-order valence-corrected chi connectivity index (χ2v) is 8.04. The number of amides is 1. The summed E-state index contributed by atoms with van der Waals surface area (Å²) in [5, 5.41) is 9.83. The number of benzene rings is 2. The Morgan fingerprint density at radius 1 is 1.22 bits per heavy atom. The van der Waals surface area contributed by atoms with Crippen LogP contribution in [-0.2, 0) is 9.59 Å². The third-order valence-electron chi connectivity index (χ3n) is 5.45. The van der Waals surface area contributed by atoms with Gasteiger partial charge in [0, 0.05) is 41.7 Å². The Morgan fingerprint density at radius 2 is 2.00 bits per heavy atom. The fourth-order valence-electron chi connectivity index (χ4n) is 3.82. The number of ether oxygens (including phenoxy) is 1. The summed E-state index contributed by atoms with van der Waals surface area (Å²) in [5.74, 6) is -2.00. The number of halogens is 2. The average Bonchev–Trinajstić information content (AvgIpc) is 3.23. The van der Waals surface area contributed by atoms with Gasteiger partial charge in [-0.1, -0.05) is 11.6 Å². The molecule has 1 aromatic heterocycles. The molecule has 2 heterocycles. The number of carboxylic acid groups (broad SMARTS) is 1. The first-order valence-corrected chi connectivity index (χ1v) is 10.3. The monoisotopic (exact) mass is 459 g/mol. The Morgan fingerprint density at radius 3 is 2.69 bits per heavy atom. The number of fused-ring (bicyclic) bond motifs is 1. The lowest BCUT2D eigenvalue weighted by atomic mass is 10.0. The fourth-order valence-corrected chi connectivity index (χ4v) is 4.09. The fraction of sp³-hybridized carbons (Fsp3) is 0.261. The van der Waals surface area contributed by atoms with Crippen molar-refractivity contribution in [2.75, 3.05) is 13.1 Å². The van der Waals surface area contributed by atoms with Gasteiger partial charge < -0.3 is 19.2 Å². The lowest BCUT2D eigenvalue weighted by Gasteiger charge is -2.21.